The van der Waals surface area contributed by atoms with Gasteiger partial charge in [-0.2, -0.15) is 0 Å². The van der Waals surface area contributed by atoms with Crippen molar-refractivity contribution >= 4 is 34.5 Å². The minimum absolute atomic E-state index is 0.268. The summed E-state index contributed by atoms with van der Waals surface area (Å²) in [7, 11) is 0. The van der Waals surface area contributed by atoms with E-state index in [0.29, 0.717) is 29.5 Å². The van der Waals surface area contributed by atoms with Crippen molar-refractivity contribution in [2.45, 2.75) is 52.7 Å². The fourth-order valence-corrected chi connectivity index (χ4v) is 4.81. The van der Waals surface area contributed by atoms with Crippen molar-refractivity contribution in [1.82, 2.24) is 4.98 Å². The van der Waals surface area contributed by atoms with Crippen LogP contribution in [0.1, 0.15) is 39.1 Å². The number of thiazole rings is 1. The van der Waals surface area contributed by atoms with Gasteiger partial charge in [0.15, 0.2) is 6.10 Å². The van der Waals surface area contributed by atoms with Gasteiger partial charge in [-0.1, -0.05) is 19.1 Å². The topological polar surface area (TPSA) is 80.8 Å². The highest BCUT2D eigenvalue weighted by atomic mass is 32.1. The highest BCUT2D eigenvalue weighted by Crippen LogP contribution is 2.39. The van der Waals surface area contributed by atoms with Crippen LogP contribution >= 0.6 is 11.3 Å². The van der Waals surface area contributed by atoms with Crippen LogP contribution in [0.15, 0.2) is 47.8 Å². The number of aromatic nitrogens is 1. The first-order valence-electron chi connectivity index (χ1n) is 11.5. The van der Waals surface area contributed by atoms with Gasteiger partial charge in [-0.15, -0.1) is 11.3 Å². The van der Waals surface area contributed by atoms with Crippen molar-refractivity contribution < 1.29 is 19.1 Å². The Labute approximate surface area is 203 Å². The van der Waals surface area contributed by atoms with E-state index < -0.39 is 12.1 Å². The number of ether oxygens (including phenoxy) is 2. The van der Waals surface area contributed by atoms with Gasteiger partial charge in [0.1, 0.15) is 17.5 Å². The van der Waals surface area contributed by atoms with E-state index in [2.05, 4.69) is 12.2 Å². The first-order chi connectivity index (χ1) is 16.4. The standard InChI is InChI=1S/C26H29N3O4S/c1-5-9-24-27-20(15-34-24)18-12-13-23-21(14-18)29(26(31)17(4)33-23)16(3)25(30)28-19-10-7-8-11-22(19)32-6-2/h7-8,10-17H,5-6,9H2,1-4H3,(H,28,30). The third-order valence-corrected chi connectivity index (χ3v) is 6.54. The van der Waals surface area contributed by atoms with E-state index in [1.54, 1.807) is 37.3 Å². The Morgan fingerprint density at radius 1 is 1.26 bits per heavy atom. The van der Waals surface area contributed by atoms with Crippen LogP contribution in [0.3, 0.4) is 0 Å². The van der Waals surface area contributed by atoms with Crippen molar-refractivity contribution in [3.05, 3.63) is 52.9 Å². The molecule has 3 aromatic rings. The summed E-state index contributed by atoms with van der Waals surface area (Å²) in [6, 6.07) is 12.1. The molecule has 34 heavy (non-hydrogen) atoms. The van der Waals surface area contributed by atoms with E-state index in [0.717, 1.165) is 29.1 Å². The van der Waals surface area contributed by atoms with Gasteiger partial charge in [0.05, 0.1) is 28.7 Å². The lowest BCUT2D eigenvalue weighted by Gasteiger charge is -2.36. The molecule has 1 aliphatic rings. The molecule has 0 saturated heterocycles. The number of nitrogens with zero attached hydrogens (tertiary/aromatic N) is 2. The molecule has 0 spiro atoms. The van der Waals surface area contributed by atoms with Gasteiger partial charge >= 0.3 is 0 Å². The van der Waals surface area contributed by atoms with Crippen molar-refractivity contribution in [2.75, 3.05) is 16.8 Å². The molecule has 0 bridgehead atoms. The highest BCUT2D eigenvalue weighted by Gasteiger charge is 2.37. The molecule has 0 aliphatic carbocycles. The summed E-state index contributed by atoms with van der Waals surface area (Å²) in [6.07, 6.45) is 1.27. The number of hydrogen-bond acceptors (Lipinski definition) is 6. The molecule has 8 heteroatoms. The Morgan fingerprint density at radius 2 is 2.06 bits per heavy atom. The molecule has 0 saturated carbocycles. The van der Waals surface area contributed by atoms with Crippen molar-refractivity contribution in [3.8, 4) is 22.8 Å². The Hall–Kier alpha value is -3.39. The molecule has 2 aromatic carbocycles. The number of rotatable bonds is 8. The molecular weight excluding hydrogens is 450 g/mol. The van der Waals surface area contributed by atoms with E-state index in [4.69, 9.17) is 14.5 Å². The number of carbonyl (C=O) groups is 2. The van der Waals surface area contributed by atoms with Gasteiger partial charge in [0.2, 0.25) is 5.91 Å². The largest absolute Gasteiger partial charge is 0.492 e. The molecule has 1 aromatic heterocycles. The summed E-state index contributed by atoms with van der Waals surface area (Å²) in [4.78, 5) is 32.7. The maximum atomic E-state index is 13.2. The first kappa shape index (κ1) is 23.8. The summed E-state index contributed by atoms with van der Waals surface area (Å²) in [6.45, 7) is 7.90. The molecule has 4 rings (SSSR count). The zero-order chi connectivity index (χ0) is 24.2. The van der Waals surface area contributed by atoms with Crippen LogP contribution in [0.4, 0.5) is 11.4 Å². The zero-order valence-corrected chi connectivity index (χ0v) is 20.6. The van der Waals surface area contributed by atoms with Gasteiger partial charge in [-0.3, -0.25) is 14.5 Å². The van der Waals surface area contributed by atoms with Crippen molar-refractivity contribution in [1.29, 1.82) is 0 Å². The Kier molecular flexibility index (Phi) is 7.17. The normalized spacial score (nSPS) is 15.9. The SMILES string of the molecule is CCCc1nc(-c2ccc3c(c2)N(C(C)C(=O)Nc2ccccc2OCC)C(=O)C(C)O3)cs1. The van der Waals surface area contributed by atoms with Crippen molar-refractivity contribution in [2.24, 2.45) is 0 Å². The van der Waals surface area contributed by atoms with Crippen molar-refractivity contribution in [3.63, 3.8) is 0 Å². The zero-order valence-electron chi connectivity index (χ0n) is 19.8. The smallest absolute Gasteiger partial charge is 0.268 e. The van der Waals surface area contributed by atoms with Crippen LogP contribution < -0.4 is 19.7 Å². The predicted molar refractivity (Wildman–Crippen MR) is 135 cm³/mol. The highest BCUT2D eigenvalue weighted by molar-refractivity contribution is 7.09. The number of carbonyl (C=O) groups excluding carboxylic acids is 2. The molecule has 1 N–H and O–H groups in total. The number of amides is 2. The van der Waals surface area contributed by atoms with E-state index in [9.17, 15) is 9.59 Å². The lowest BCUT2D eigenvalue weighted by atomic mass is 10.1. The maximum Gasteiger partial charge on any atom is 0.268 e. The van der Waals surface area contributed by atoms with Crippen LogP contribution in [0, 0.1) is 0 Å². The van der Waals surface area contributed by atoms with Crippen LogP contribution in [0.25, 0.3) is 11.3 Å². The second-order valence-corrected chi connectivity index (χ2v) is 9.06. The summed E-state index contributed by atoms with van der Waals surface area (Å²) in [5, 5.41) is 6.01. The van der Waals surface area contributed by atoms with Gasteiger partial charge in [-0.05, 0) is 63.9 Å². The summed E-state index contributed by atoms with van der Waals surface area (Å²) in [5.74, 6) is 0.566. The number of hydrogen-bond donors (Lipinski definition) is 1. The molecule has 178 valence electrons. The lowest BCUT2D eigenvalue weighted by molar-refractivity contribution is -0.128. The van der Waals surface area contributed by atoms with Crippen LogP contribution in [-0.2, 0) is 16.0 Å². The quantitative estimate of drug-likeness (QED) is 0.474. The molecular formula is C26H29N3O4S. The monoisotopic (exact) mass is 479 g/mol. The molecule has 2 amide bonds. The Bertz CT molecular complexity index is 1190. The van der Waals surface area contributed by atoms with E-state index >= 15 is 0 Å². The first-order valence-corrected chi connectivity index (χ1v) is 12.4. The van der Waals surface area contributed by atoms with Crippen LogP contribution in [0.2, 0.25) is 0 Å². The van der Waals surface area contributed by atoms with Crippen LogP contribution in [0.5, 0.6) is 11.5 Å². The van der Waals surface area contributed by atoms with Gasteiger partial charge < -0.3 is 14.8 Å². The fraction of sp³-hybridized carbons (Fsp3) is 0.346. The minimum Gasteiger partial charge on any atom is -0.492 e. The van der Waals surface area contributed by atoms with Gasteiger partial charge in [0, 0.05) is 10.9 Å². The average Bonchev–Trinajstić information content (AvgIpc) is 3.29. The average molecular weight is 480 g/mol. The van der Waals surface area contributed by atoms with Crippen LogP contribution in [-0.4, -0.2) is 35.6 Å². The van der Waals surface area contributed by atoms with Gasteiger partial charge in [-0.25, -0.2) is 4.98 Å². The molecule has 0 radical (unpaired) electrons. The molecule has 0 fully saturated rings. The second-order valence-electron chi connectivity index (χ2n) is 8.12. The number of fused-ring (bicyclic) bond motifs is 1. The van der Waals surface area contributed by atoms with Gasteiger partial charge in [0.25, 0.3) is 5.91 Å². The number of aryl methyl sites for hydroxylation is 1. The number of nitrogens with one attached hydrogen (secondary N) is 1. The number of para-hydroxylation sites is 2. The molecule has 7 nitrogen and oxygen atoms in total. The predicted octanol–water partition coefficient (Wildman–Crippen LogP) is 5.30. The molecule has 2 atom stereocenters. The molecule has 2 unspecified atom stereocenters. The summed E-state index contributed by atoms with van der Waals surface area (Å²) in [5.41, 5.74) is 2.86. The number of benzene rings is 2. The third kappa shape index (κ3) is 4.77. The molecule has 2 heterocycles. The summed E-state index contributed by atoms with van der Waals surface area (Å²) < 4.78 is 11.5. The summed E-state index contributed by atoms with van der Waals surface area (Å²) >= 11 is 1.63. The maximum absolute atomic E-state index is 13.2. The Morgan fingerprint density at radius 3 is 2.82 bits per heavy atom. The third-order valence-electron chi connectivity index (χ3n) is 5.63. The van der Waals surface area contributed by atoms with E-state index in [-0.39, 0.29) is 11.8 Å². The minimum atomic E-state index is -0.770. The molecule has 1 aliphatic heterocycles. The lowest BCUT2D eigenvalue weighted by Crippen LogP contribution is -2.52. The second kappa shape index (κ2) is 10.3. The number of anilines is 2. The fourth-order valence-electron chi connectivity index (χ4n) is 3.90. The van der Waals surface area contributed by atoms with E-state index in [1.807, 2.05) is 42.6 Å². The Balaban J connectivity index is 1.65. The van der Waals surface area contributed by atoms with E-state index in [1.165, 1.54) is 4.90 Å².